The molecular weight excluding hydrogens is 398 g/mol. The second kappa shape index (κ2) is 8.92. The van der Waals surface area contributed by atoms with E-state index in [1.165, 1.54) is 4.90 Å². The molecule has 6 nitrogen and oxygen atoms in total. The Bertz CT molecular complexity index is 999. The van der Waals surface area contributed by atoms with Crippen molar-refractivity contribution in [2.75, 3.05) is 12.8 Å². The Hall–Kier alpha value is -2.80. The molecule has 0 radical (unpaired) electrons. The third-order valence-electron chi connectivity index (χ3n) is 5.02. The highest BCUT2D eigenvalue weighted by atomic mass is 32.2. The maximum atomic E-state index is 12.5. The van der Waals surface area contributed by atoms with E-state index in [0.717, 1.165) is 16.9 Å². The normalized spacial score (nSPS) is 16.5. The topological polar surface area (TPSA) is 68.5 Å². The van der Waals surface area contributed by atoms with Gasteiger partial charge in [-0.2, -0.15) is 4.98 Å². The Morgan fingerprint density at radius 2 is 1.90 bits per heavy atom. The number of nitrogens with zero attached hydrogens (tertiary/aromatic N) is 3. The summed E-state index contributed by atoms with van der Waals surface area (Å²) in [6.07, 6.45) is 2.57. The van der Waals surface area contributed by atoms with Crippen LogP contribution in [-0.4, -0.2) is 39.9 Å². The molecule has 1 aliphatic rings. The summed E-state index contributed by atoms with van der Waals surface area (Å²) in [5, 5.41) is 4.12. The van der Waals surface area contributed by atoms with Crippen LogP contribution in [0.15, 0.2) is 57.9 Å². The molecule has 1 aliphatic heterocycles. The molecule has 1 aromatic heterocycles. The van der Waals surface area contributed by atoms with Crippen LogP contribution in [0.1, 0.15) is 37.6 Å². The van der Waals surface area contributed by atoms with E-state index in [2.05, 4.69) is 10.1 Å². The van der Waals surface area contributed by atoms with E-state index < -0.39 is 0 Å². The van der Waals surface area contributed by atoms with Crippen LogP contribution in [0, 0.1) is 0 Å². The molecule has 1 saturated heterocycles. The summed E-state index contributed by atoms with van der Waals surface area (Å²) < 4.78 is 11.2. The van der Waals surface area contributed by atoms with E-state index in [0.29, 0.717) is 31.2 Å². The van der Waals surface area contributed by atoms with Crippen molar-refractivity contribution < 1.29 is 14.1 Å². The van der Waals surface area contributed by atoms with E-state index in [9.17, 15) is 4.79 Å². The van der Waals surface area contributed by atoms with Crippen LogP contribution in [0.5, 0.6) is 5.75 Å². The zero-order valence-corrected chi connectivity index (χ0v) is 18.2. The minimum Gasteiger partial charge on any atom is -0.491 e. The van der Waals surface area contributed by atoms with Crippen molar-refractivity contribution in [3.63, 3.8) is 0 Å². The number of amides is 1. The van der Waals surface area contributed by atoms with Crippen molar-refractivity contribution in [2.24, 2.45) is 0 Å². The van der Waals surface area contributed by atoms with Gasteiger partial charge in [-0.15, -0.1) is 11.8 Å². The number of carbonyl (C=O) groups is 1. The summed E-state index contributed by atoms with van der Waals surface area (Å²) in [5.74, 6) is 1.95. The maximum absolute atomic E-state index is 12.5. The molecule has 7 heteroatoms. The number of hydrogen-bond donors (Lipinski definition) is 0. The van der Waals surface area contributed by atoms with Gasteiger partial charge in [0.1, 0.15) is 5.75 Å². The van der Waals surface area contributed by atoms with Crippen LogP contribution in [-0.2, 0) is 11.3 Å². The number of aromatic nitrogens is 2. The van der Waals surface area contributed by atoms with Gasteiger partial charge < -0.3 is 14.2 Å². The average molecular weight is 424 g/mol. The Morgan fingerprint density at radius 1 is 1.17 bits per heavy atom. The summed E-state index contributed by atoms with van der Waals surface area (Å²) >= 11 is 1.69. The molecule has 1 unspecified atom stereocenters. The smallest absolute Gasteiger partial charge is 0.232 e. The zero-order valence-electron chi connectivity index (χ0n) is 17.4. The first-order valence-electron chi connectivity index (χ1n) is 10.0. The lowest BCUT2D eigenvalue weighted by atomic mass is 10.1. The third-order valence-corrected chi connectivity index (χ3v) is 5.77. The van der Waals surface area contributed by atoms with Crippen LogP contribution in [0.3, 0.4) is 0 Å². The molecule has 30 heavy (non-hydrogen) atoms. The van der Waals surface area contributed by atoms with Gasteiger partial charge in [0, 0.05) is 30.0 Å². The van der Waals surface area contributed by atoms with Gasteiger partial charge in [-0.1, -0.05) is 17.3 Å². The van der Waals surface area contributed by atoms with Gasteiger partial charge in [0.25, 0.3) is 0 Å². The molecule has 0 saturated carbocycles. The highest BCUT2D eigenvalue weighted by Crippen LogP contribution is 2.30. The Labute approximate surface area is 180 Å². The standard InChI is InChI=1S/C23H25N3O3S/c1-15(2)28-19-8-4-16(5-9-19)13-26-14-18(12-21(26)27)23-24-22(25-29-23)17-6-10-20(30-3)11-7-17/h4-11,15,18H,12-14H2,1-3H3. The second-order valence-corrected chi connectivity index (χ2v) is 8.55. The molecule has 2 heterocycles. The second-order valence-electron chi connectivity index (χ2n) is 7.67. The van der Waals surface area contributed by atoms with Crippen molar-refractivity contribution in [3.05, 3.63) is 60.0 Å². The lowest BCUT2D eigenvalue weighted by Gasteiger charge is -2.16. The quantitative estimate of drug-likeness (QED) is 0.510. The molecule has 0 N–H and O–H groups in total. The summed E-state index contributed by atoms with van der Waals surface area (Å²) in [7, 11) is 0. The van der Waals surface area contributed by atoms with E-state index in [4.69, 9.17) is 9.26 Å². The van der Waals surface area contributed by atoms with Gasteiger partial charge in [0.2, 0.25) is 17.6 Å². The van der Waals surface area contributed by atoms with Gasteiger partial charge in [0.15, 0.2) is 0 Å². The number of rotatable bonds is 7. The SMILES string of the molecule is CSc1ccc(-c2noc(C3CC(=O)N(Cc4ccc(OC(C)C)cc4)C3)n2)cc1. The van der Waals surface area contributed by atoms with Crippen LogP contribution in [0.4, 0.5) is 0 Å². The summed E-state index contributed by atoms with van der Waals surface area (Å²) in [6.45, 7) is 5.14. The molecule has 3 aromatic rings. The molecule has 4 rings (SSSR count). The molecule has 1 atom stereocenters. The predicted molar refractivity (Wildman–Crippen MR) is 116 cm³/mol. The first-order valence-corrected chi connectivity index (χ1v) is 11.3. The van der Waals surface area contributed by atoms with Crippen molar-refractivity contribution in [1.82, 2.24) is 15.0 Å². The first kappa shape index (κ1) is 20.5. The van der Waals surface area contributed by atoms with Gasteiger partial charge in [0.05, 0.1) is 12.0 Å². The van der Waals surface area contributed by atoms with E-state index in [1.807, 2.05) is 73.5 Å². The summed E-state index contributed by atoms with van der Waals surface area (Å²) in [6, 6.07) is 15.9. The van der Waals surface area contributed by atoms with E-state index >= 15 is 0 Å². The van der Waals surface area contributed by atoms with E-state index in [1.54, 1.807) is 11.8 Å². The summed E-state index contributed by atoms with van der Waals surface area (Å²) in [4.78, 5) is 20.1. The molecule has 0 aliphatic carbocycles. The lowest BCUT2D eigenvalue weighted by Crippen LogP contribution is -2.24. The van der Waals surface area contributed by atoms with Crippen molar-refractivity contribution in [2.45, 2.75) is 43.7 Å². The molecule has 1 fully saturated rings. The number of likely N-dealkylation sites (tertiary alicyclic amines) is 1. The van der Waals surface area contributed by atoms with Gasteiger partial charge >= 0.3 is 0 Å². The number of thioether (sulfide) groups is 1. The highest BCUT2D eigenvalue weighted by Gasteiger charge is 2.34. The maximum Gasteiger partial charge on any atom is 0.232 e. The Balaban J connectivity index is 1.40. The minimum absolute atomic E-state index is 0.0761. The van der Waals surface area contributed by atoms with E-state index in [-0.39, 0.29) is 17.9 Å². The highest BCUT2D eigenvalue weighted by molar-refractivity contribution is 7.98. The molecule has 2 aromatic carbocycles. The fourth-order valence-electron chi connectivity index (χ4n) is 3.51. The third kappa shape index (κ3) is 4.67. The van der Waals surface area contributed by atoms with Gasteiger partial charge in [-0.3, -0.25) is 4.79 Å². The summed E-state index contributed by atoms with van der Waals surface area (Å²) in [5.41, 5.74) is 1.98. The number of hydrogen-bond acceptors (Lipinski definition) is 6. The average Bonchev–Trinajstić information content (AvgIpc) is 3.36. The Morgan fingerprint density at radius 3 is 2.57 bits per heavy atom. The monoisotopic (exact) mass is 423 g/mol. The minimum atomic E-state index is -0.0761. The Kier molecular flexibility index (Phi) is 6.08. The van der Waals surface area contributed by atoms with Crippen LogP contribution in [0.2, 0.25) is 0 Å². The molecular formula is C23H25N3O3S. The van der Waals surface area contributed by atoms with Crippen molar-refractivity contribution in [1.29, 1.82) is 0 Å². The van der Waals surface area contributed by atoms with Crippen molar-refractivity contribution in [3.8, 4) is 17.1 Å². The first-order chi connectivity index (χ1) is 14.5. The fraction of sp³-hybridized carbons (Fsp3) is 0.348. The van der Waals surface area contributed by atoms with Crippen LogP contribution < -0.4 is 4.74 Å². The number of carbonyl (C=O) groups excluding carboxylic acids is 1. The number of ether oxygens (including phenoxy) is 1. The van der Waals surface area contributed by atoms with Crippen LogP contribution >= 0.6 is 11.8 Å². The van der Waals surface area contributed by atoms with Crippen molar-refractivity contribution >= 4 is 17.7 Å². The van der Waals surface area contributed by atoms with Gasteiger partial charge in [-0.05, 0) is 62.1 Å². The fourth-order valence-corrected chi connectivity index (χ4v) is 3.92. The zero-order chi connectivity index (χ0) is 21.1. The molecule has 156 valence electrons. The van der Waals surface area contributed by atoms with Gasteiger partial charge in [-0.25, -0.2) is 0 Å². The molecule has 1 amide bonds. The lowest BCUT2D eigenvalue weighted by molar-refractivity contribution is -0.128. The molecule has 0 spiro atoms. The predicted octanol–water partition coefficient (Wildman–Crippen LogP) is 4.76. The number of benzene rings is 2. The molecule has 0 bridgehead atoms. The largest absolute Gasteiger partial charge is 0.491 e. The van der Waals surface area contributed by atoms with Crippen LogP contribution in [0.25, 0.3) is 11.4 Å².